The van der Waals surface area contributed by atoms with Crippen molar-refractivity contribution in [2.75, 3.05) is 10.0 Å². The molecule has 0 fully saturated rings. The van der Waals surface area contributed by atoms with Gasteiger partial charge in [0.25, 0.3) is 11.8 Å². The van der Waals surface area contributed by atoms with Crippen LogP contribution in [0.25, 0.3) is 5.57 Å². The third kappa shape index (κ3) is 3.78. The number of benzene rings is 3. The van der Waals surface area contributed by atoms with E-state index in [4.69, 9.17) is 0 Å². The molecule has 0 bridgehead atoms. The highest BCUT2D eigenvalue weighted by molar-refractivity contribution is 6.37. The fourth-order valence-corrected chi connectivity index (χ4v) is 4.54. The number of para-hydroxylation sites is 2. The third-order valence-corrected chi connectivity index (χ3v) is 6.15. The summed E-state index contributed by atoms with van der Waals surface area (Å²) in [7, 11) is 0. The van der Waals surface area contributed by atoms with Crippen LogP contribution in [0.2, 0.25) is 0 Å². The van der Waals surface area contributed by atoms with Gasteiger partial charge < -0.3 is 9.90 Å². The number of aromatic carboxylic acids is 1. The molecule has 8 heteroatoms. The molecule has 0 unspecified atom stereocenters. The molecule has 2 amide bonds. The van der Waals surface area contributed by atoms with E-state index in [0.29, 0.717) is 22.8 Å². The van der Waals surface area contributed by atoms with Crippen LogP contribution in [-0.4, -0.2) is 29.2 Å². The molecular weight excluding hydrogens is 456 g/mol. The molecule has 5 rings (SSSR count). The topological polar surface area (TPSA) is 105 Å². The van der Waals surface area contributed by atoms with Crippen molar-refractivity contribution in [1.29, 1.82) is 0 Å². The Morgan fingerprint density at radius 3 is 1.86 bits per heavy atom. The van der Waals surface area contributed by atoms with Gasteiger partial charge in [0.2, 0.25) is 0 Å². The van der Waals surface area contributed by atoms with Gasteiger partial charge in [-0.15, -0.1) is 0 Å². The van der Waals surface area contributed by atoms with Crippen molar-refractivity contribution >= 4 is 46.2 Å². The summed E-state index contributed by atoms with van der Waals surface area (Å²) >= 11 is 0. The molecule has 178 valence electrons. The van der Waals surface area contributed by atoms with Gasteiger partial charge >= 0.3 is 0 Å². The summed E-state index contributed by atoms with van der Waals surface area (Å²) in [6.45, 7) is 3.35. The maximum Gasteiger partial charge on any atom is 0.280 e. The molecule has 0 radical (unpaired) electrons. The fraction of sp³-hybridized carbons (Fsp3) is 0.107. The summed E-state index contributed by atoms with van der Waals surface area (Å²) in [4.78, 5) is 39.6. The molecule has 1 atom stereocenters. The highest BCUT2D eigenvalue weighted by Crippen LogP contribution is 2.39. The van der Waals surface area contributed by atoms with E-state index >= 15 is 0 Å². The Morgan fingerprint density at radius 2 is 1.28 bits per heavy atom. The van der Waals surface area contributed by atoms with Crippen molar-refractivity contribution in [1.82, 2.24) is 0 Å². The van der Waals surface area contributed by atoms with Crippen LogP contribution in [0.1, 0.15) is 29.8 Å². The lowest BCUT2D eigenvalue weighted by atomic mass is 9.82. The molecule has 0 aromatic heterocycles. The zero-order chi connectivity index (χ0) is 25.4. The van der Waals surface area contributed by atoms with Crippen LogP contribution in [0, 0.1) is 5.92 Å². The van der Waals surface area contributed by atoms with Gasteiger partial charge in [0.15, 0.2) is 0 Å². The van der Waals surface area contributed by atoms with E-state index < -0.39 is 23.7 Å². The second-order valence-corrected chi connectivity index (χ2v) is 8.42. The lowest BCUT2D eigenvalue weighted by Crippen LogP contribution is -2.32. The molecule has 3 aromatic rings. The lowest BCUT2D eigenvalue weighted by Gasteiger charge is -2.22. The van der Waals surface area contributed by atoms with E-state index in [2.05, 4.69) is 10.2 Å². The molecular formula is C28H21N4O4-. The van der Waals surface area contributed by atoms with Crippen LogP contribution in [0.15, 0.2) is 101 Å². The molecule has 0 N–H and O–H groups in total. The lowest BCUT2D eigenvalue weighted by molar-refractivity contribution is -0.255. The maximum absolute atomic E-state index is 13.8. The zero-order valence-electron chi connectivity index (χ0n) is 19.6. The number of anilines is 2. The second-order valence-electron chi connectivity index (χ2n) is 8.42. The minimum atomic E-state index is -1.41. The van der Waals surface area contributed by atoms with E-state index in [1.807, 2.05) is 12.1 Å². The number of carboxylic acid groups (broad SMARTS) is 1. The van der Waals surface area contributed by atoms with E-state index in [1.165, 1.54) is 16.1 Å². The first-order valence-corrected chi connectivity index (χ1v) is 11.3. The molecule has 0 aliphatic carbocycles. The van der Waals surface area contributed by atoms with Gasteiger partial charge in [-0.25, -0.2) is 0 Å². The van der Waals surface area contributed by atoms with E-state index in [0.717, 1.165) is 0 Å². The quantitative estimate of drug-likeness (QED) is 0.526. The summed E-state index contributed by atoms with van der Waals surface area (Å²) in [5.74, 6) is -3.26. The Labute approximate surface area is 207 Å². The number of carbonyl (C=O) groups is 3. The number of hydrogen-bond acceptors (Lipinski definition) is 6. The second kappa shape index (κ2) is 9.07. The van der Waals surface area contributed by atoms with Crippen molar-refractivity contribution in [2.24, 2.45) is 16.1 Å². The largest absolute Gasteiger partial charge is 0.545 e. The molecule has 36 heavy (non-hydrogen) atoms. The minimum Gasteiger partial charge on any atom is -0.545 e. The molecule has 2 heterocycles. The van der Waals surface area contributed by atoms with Crippen LogP contribution in [0.4, 0.5) is 11.4 Å². The number of carboxylic acids is 1. The number of carbonyl (C=O) groups excluding carboxylic acids is 3. The summed E-state index contributed by atoms with van der Waals surface area (Å²) in [6.07, 6.45) is 0. The molecule has 8 nitrogen and oxygen atoms in total. The zero-order valence-corrected chi connectivity index (χ0v) is 19.6. The maximum atomic E-state index is 13.8. The highest BCUT2D eigenvalue weighted by atomic mass is 16.4. The predicted molar refractivity (Wildman–Crippen MR) is 135 cm³/mol. The SMILES string of the molecule is CC1=NN(c2ccccc2)C(=O)/C1=C(\c1ccccc1C(=O)[O-])[C@@H]1C(=O)N(c2ccccc2)N=C1C. The fourth-order valence-electron chi connectivity index (χ4n) is 4.54. The smallest absolute Gasteiger partial charge is 0.280 e. The molecule has 0 saturated heterocycles. The standard InChI is InChI=1S/C28H22N4O4/c1-17-23(26(33)31(29-17)19-11-5-3-6-12-19)25(21-15-9-10-16-22(21)28(35)36)24-18(2)30-32(27(24)34)20-13-7-4-8-14-20/h3-16,23H,1-2H3,(H,35,36)/p-1/b25-24+/t23-/m1/s1. The first-order valence-electron chi connectivity index (χ1n) is 11.3. The molecule has 0 saturated carbocycles. The van der Waals surface area contributed by atoms with Crippen molar-refractivity contribution < 1.29 is 19.5 Å². The Kier molecular flexibility index (Phi) is 5.77. The Bertz CT molecular complexity index is 1480. The average molecular weight is 478 g/mol. The van der Waals surface area contributed by atoms with Crippen LogP contribution >= 0.6 is 0 Å². The van der Waals surface area contributed by atoms with Gasteiger partial charge in [-0.05, 0) is 49.2 Å². The summed E-state index contributed by atoms with van der Waals surface area (Å²) in [5.41, 5.74) is 2.41. The molecule has 3 aromatic carbocycles. The van der Waals surface area contributed by atoms with E-state index in [9.17, 15) is 19.5 Å². The van der Waals surface area contributed by atoms with Crippen LogP contribution in [-0.2, 0) is 9.59 Å². The van der Waals surface area contributed by atoms with Gasteiger partial charge in [-0.1, -0.05) is 60.7 Å². The average Bonchev–Trinajstić information content (AvgIpc) is 3.36. The van der Waals surface area contributed by atoms with Crippen molar-refractivity contribution in [3.63, 3.8) is 0 Å². The van der Waals surface area contributed by atoms with Crippen LogP contribution in [0.5, 0.6) is 0 Å². The molecule has 2 aliphatic heterocycles. The molecule has 2 aliphatic rings. The molecule has 0 spiro atoms. The summed E-state index contributed by atoms with van der Waals surface area (Å²) in [6, 6.07) is 24.0. The number of rotatable bonds is 5. The van der Waals surface area contributed by atoms with Crippen LogP contribution in [0.3, 0.4) is 0 Å². The summed E-state index contributed by atoms with van der Waals surface area (Å²) in [5, 5.41) is 23.5. The van der Waals surface area contributed by atoms with Gasteiger partial charge in [0.05, 0.1) is 34.3 Å². The van der Waals surface area contributed by atoms with Crippen molar-refractivity contribution in [2.45, 2.75) is 13.8 Å². The van der Waals surface area contributed by atoms with Gasteiger partial charge in [0, 0.05) is 5.56 Å². The van der Waals surface area contributed by atoms with Crippen LogP contribution < -0.4 is 15.1 Å². The number of hydrazone groups is 2. The minimum absolute atomic E-state index is 0.127. The number of amides is 2. The van der Waals surface area contributed by atoms with Crippen molar-refractivity contribution in [3.8, 4) is 0 Å². The Hall–Kier alpha value is -4.85. The van der Waals surface area contributed by atoms with Gasteiger partial charge in [-0.2, -0.15) is 20.2 Å². The van der Waals surface area contributed by atoms with E-state index in [1.54, 1.807) is 80.6 Å². The van der Waals surface area contributed by atoms with Crippen molar-refractivity contribution in [3.05, 3.63) is 102 Å². The normalized spacial score (nSPS) is 18.9. The number of hydrogen-bond donors (Lipinski definition) is 0. The first kappa shape index (κ1) is 22.9. The number of nitrogens with zero attached hydrogens (tertiary/aromatic N) is 4. The van der Waals surface area contributed by atoms with Gasteiger partial charge in [0.1, 0.15) is 5.92 Å². The highest BCUT2D eigenvalue weighted by Gasteiger charge is 2.43. The Morgan fingerprint density at radius 1 is 0.750 bits per heavy atom. The van der Waals surface area contributed by atoms with Gasteiger partial charge in [-0.3, -0.25) is 9.59 Å². The monoisotopic (exact) mass is 477 g/mol. The first-order chi connectivity index (χ1) is 17.4. The van der Waals surface area contributed by atoms with E-state index in [-0.39, 0.29) is 22.3 Å². The Balaban J connectivity index is 1.72. The third-order valence-electron chi connectivity index (χ3n) is 6.15. The summed E-state index contributed by atoms with van der Waals surface area (Å²) < 4.78 is 0. The predicted octanol–water partition coefficient (Wildman–Crippen LogP) is 3.27.